The summed E-state index contributed by atoms with van der Waals surface area (Å²) >= 11 is 0. The molecule has 2 atom stereocenters. The first-order valence-corrected chi connectivity index (χ1v) is 8.27. The molecule has 114 valence electrons. The Morgan fingerprint density at radius 1 is 1.30 bits per heavy atom. The maximum absolute atomic E-state index is 5.93. The van der Waals surface area contributed by atoms with Crippen LogP contribution in [0.2, 0.25) is 0 Å². The summed E-state index contributed by atoms with van der Waals surface area (Å²) in [6.07, 6.45) is 8.56. The lowest BCUT2D eigenvalue weighted by atomic mass is 10.0. The van der Waals surface area contributed by atoms with Crippen molar-refractivity contribution in [3.8, 4) is 0 Å². The van der Waals surface area contributed by atoms with Gasteiger partial charge in [-0.05, 0) is 57.2 Å². The average molecular weight is 279 g/mol. The highest BCUT2D eigenvalue weighted by molar-refractivity contribution is 5.10. The summed E-state index contributed by atoms with van der Waals surface area (Å²) in [5.41, 5.74) is 0. The van der Waals surface area contributed by atoms with Crippen LogP contribution in [0.5, 0.6) is 0 Å². The number of aryl methyl sites for hydroxylation is 1. The number of hydrogen-bond donors (Lipinski definition) is 1. The summed E-state index contributed by atoms with van der Waals surface area (Å²) in [5, 5.41) is 3.61. The van der Waals surface area contributed by atoms with E-state index in [4.69, 9.17) is 9.15 Å². The van der Waals surface area contributed by atoms with Crippen LogP contribution in [0.1, 0.15) is 69.9 Å². The van der Waals surface area contributed by atoms with Gasteiger partial charge in [0, 0.05) is 13.0 Å². The second-order valence-corrected chi connectivity index (χ2v) is 5.73. The van der Waals surface area contributed by atoms with Crippen molar-refractivity contribution in [1.82, 2.24) is 5.32 Å². The molecule has 0 aromatic carbocycles. The van der Waals surface area contributed by atoms with Gasteiger partial charge < -0.3 is 14.5 Å². The molecule has 1 aliphatic heterocycles. The molecular weight excluding hydrogens is 250 g/mol. The fourth-order valence-corrected chi connectivity index (χ4v) is 2.82. The van der Waals surface area contributed by atoms with Gasteiger partial charge in [-0.15, -0.1) is 0 Å². The van der Waals surface area contributed by atoms with E-state index < -0.39 is 0 Å². The Labute approximate surface area is 123 Å². The predicted octanol–water partition coefficient (Wildman–Crippen LogP) is 4.23. The minimum atomic E-state index is 0.334. The Morgan fingerprint density at radius 2 is 2.20 bits per heavy atom. The number of ether oxygens (including phenoxy) is 1. The maximum Gasteiger partial charge on any atom is 0.121 e. The van der Waals surface area contributed by atoms with Gasteiger partial charge in [-0.3, -0.25) is 0 Å². The largest absolute Gasteiger partial charge is 0.464 e. The third kappa shape index (κ3) is 4.64. The quantitative estimate of drug-likeness (QED) is 0.773. The molecule has 0 saturated carbocycles. The van der Waals surface area contributed by atoms with Gasteiger partial charge in [0.1, 0.15) is 11.5 Å². The summed E-state index contributed by atoms with van der Waals surface area (Å²) in [4.78, 5) is 0. The molecule has 0 amide bonds. The summed E-state index contributed by atoms with van der Waals surface area (Å²) in [5.74, 6) is 2.17. The van der Waals surface area contributed by atoms with E-state index in [0.29, 0.717) is 12.1 Å². The molecule has 2 unspecified atom stereocenters. The Hall–Kier alpha value is -0.800. The molecule has 1 aromatic heterocycles. The van der Waals surface area contributed by atoms with Crippen LogP contribution in [0.3, 0.4) is 0 Å². The second kappa shape index (κ2) is 8.48. The first kappa shape index (κ1) is 15.6. The zero-order valence-electron chi connectivity index (χ0n) is 13.0. The predicted molar refractivity (Wildman–Crippen MR) is 81.9 cm³/mol. The normalized spacial score (nSPS) is 21.0. The summed E-state index contributed by atoms with van der Waals surface area (Å²) in [6.45, 7) is 6.32. The van der Waals surface area contributed by atoms with Crippen LogP contribution in [0.4, 0.5) is 0 Å². The molecule has 0 radical (unpaired) electrons. The molecule has 3 nitrogen and oxygen atoms in total. The lowest BCUT2D eigenvalue weighted by Gasteiger charge is -2.24. The zero-order valence-corrected chi connectivity index (χ0v) is 13.0. The smallest absolute Gasteiger partial charge is 0.121 e. The fourth-order valence-electron chi connectivity index (χ4n) is 2.82. The molecule has 1 aliphatic rings. The number of hydrogen-bond acceptors (Lipinski definition) is 3. The van der Waals surface area contributed by atoms with E-state index in [1.807, 2.05) is 0 Å². The van der Waals surface area contributed by atoms with Crippen LogP contribution in [0, 0.1) is 0 Å². The molecule has 1 aromatic rings. The van der Waals surface area contributed by atoms with Crippen molar-refractivity contribution < 1.29 is 9.15 Å². The van der Waals surface area contributed by atoms with Gasteiger partial charge in [0.05, 0.1) is 12.1 Å². The Bertz CT molecular complexity index is 369. The van der Waals surface area contributed by atoms with Crippen LogP contribution < -0.4 is 5.32 Å². The Morgan fingerprint density at radius 3 is 2.85 bits per heavy atom. The molecule has 1 N–H and O–H groups in total. The van der Waals surface area contributed by atoms with Gasteiger partial charge in [-0.25, -0.2) is 0 Å². The van der Waals surface area contributed by atoms with Gasteiger partial charge in [-0.1, -0.05) is 13.8 Å². The second-order valence-electron chi connectivity index (χ2n) is 5.73. The fraction of sp³-hybridized carbons (Fsp3) is 0.765. The van der Waals surface area contributed by atoms with E-state index in [1.54, 1.807) is 0 Å². The van der Waals surface area contributed by atoms with Crippen LogP contribution in [-0.4, -0.2) is 19.3 Å². The Balaban J connectivity index is 1.88. The van der Waals surface area contributed by atoms with Crippen molar-refractivity contribution >= 4 is 0 Å². The van der Waals surface area contributed by atoms with Crippen LogP contribution >= 0.6 is 0 Å². The zero-order chi connectivity index (χ0) is 14.2. The molecule has 20 heavy (non-hydrogen) atoms. The first-order chi connectivity index (χ1) is 9.83. The Kier molecular flexibility index (Phi) is 6.61. The van der Waals surface area contributed by atoms with Crippen LogP contribution in [0.15, 0.2) is 16.5 Å². The van der Waals surface area contributed by atoms with Crippen LogP contribution in [0.25, 0.3) is 0 Å². The molecule has 1 saturated heterocycles. The van der Waals surface area contributed by atoms with Gasteiger partial charge in [0.15, 0.2) is 0 Å². The van der Waals surface area contributed by atoms with Crippen molar-refractivity contribution in [1.29, 1.82) is 0 Å². The van der Waals surface area contributed by atoms with E-state index in [2.05, 4.69) is 31.3 Å². The number of furan rings is 1. The highest BCUT2D eigenvalue weighted by atomic mass is 16.5. The van der Waals surface area contributed by atoms with Gasteiger partial charge in [0.2, 0.25) is 0 Å². The standard InChI is InChI=1S/C17H29NO2/c1-3-12-18-16(17-11-9-14(4-2)20-17)10-8-15-7-5-6-13-19-15/h9,11,15-16,18H,3-8,10,12-13H2,1-2H3. The lowest BCUT2D eigenvalue weighted by Crippen LogP contribution is -2.25. The minimum absolute atomic E-state index is 0.334. The SMILES string of the molecule is CCCNC(CCC1CCCCO1)c1ccc(CC)o1. The summed E-state index contributed by atoms with van der Waals surface area (Å²) in [7, 11) is 0. The highest BCUT2D eigenvalue weighted by Gasteiger charge is 2.19. The first-order valence-electron chi connectivity index (χ1n) is 8.27. The summed E-state index contributed by atoms with van der Waals surface area (Å²) in [6, 6.07) is 4.57. The lowest BCUT2D eigenvalue weighted by molar-refractivity contribution is 0.00819. The van der Waals surface area contributed by atoms with E-state index in [1.165, 1.54) is 19.3 Å². The third-order valence-corrected chi connectivity index (χ3v) is 4.07. The monoisotopic (exact) mass is 279 g/mol. The van der Waals surface area contributed by atoms with E-state index >= 15 is 0 Å². The molecule has 0 spiro atoms. The molecule has 1 fully saturated rings. The molecule has 0 aliphatic carbocycles. The van der Waals surface area contributed by atoms with Crippen molar-refractivity contribution in [2.45, 2.75) is 70.9 Å². The molecule has 3 heteroatoms. The van der Waals surface area contributed by atoms with Crippen LogP contribution in [-0.2, 0) is 11.2 Å². The van der Waals surface area contributed by atoms with Crippen molar-refractivity contribution in [3.05, 3.63) is 23.7 Å². The van der Waals surface area contributed by atoms with E-state index in [9.17, 15) is 0 Å². The molecular formula is C17H29NO2. The maximum atomic E-state index is 5.93. The van der Waals surface area contributed by atoms with E-state index in [0.717, 1.165) is 50.4 Å². The van der Waals surface area contributed by atoms with E-state index in [-0.39, 0.29) is 0 Å². The van der Waals surface area contributed by atoms with Gasteiger partial charge in [0.25, 0.3) is 0 Å². The van der Waals surface area contributed by atoms with Gasteiger partial charge >= 0.3 is 0 Å². The highest BCUT2D eigenvalue weighted by Crippen LogP contribution is 2.25. The number of rotatable bonds is 8. The topological polar surface area (TPSA) is 34.4 Å². The van der Waals surface area contributed by atoms with Crippen molar-refractivity contribution in [3.63, 3.8) is 0 Å². The average Bonchev–Trinajstić information content (AvgIpc) is 2.97. The minimum Gasteiger partial charge on any atom is -0.464 e. The molecule has 0 bridgehead atoms. The van der Waals surface area contributed by atoms with Gasteiger partial charge in [-0.2, -0.15) is 0 Å². The third-order valence-electron chi connectivity index (χ3n) is 4.07. The molecule has 2 rings (SSSR count). The van der Waals surface area contributed by atoms with Crippen molar-refractivity contribution in [2.75, 3.05) is 13.2 Å². The number of nitrogens with one attached hydrogen (secondary N) is 1. The molecule has 2 heterocycles. The van der Waals surface area contributed by atoms with Crippen molar-refractivity contribution in [2.24, 2.45) is 0 Å². The summed E-state index contributed by atoms with van der Waals surface area (Å²) < 4.78 is 11.8.